The van der Waals surface area contributed by atoms with E-state index in [9.17, 15) is 31.8 Å². The number of aliphatic hydroxyl groups is 1. The number of aromatic hydroxyl groups is 1. The van der Waals surface area contributed by atoms with Crippen LogP contribution in [0.2, 0.25) is 0 Å². The summed E-state index contributed by atoms with van der Waals surface area (Å²) >= 11 is 0. The molecule has 1 atom stereocenters. The van der Waals surface area contributed by atoms with E-state index in [1.807, 2.05) is 12.1 Å². The fourth-order valence-electron chi connectivity index (χ4n) is 5.38. The fraction of sp³-hybridized carbons (Fsp3) is 0.441. The third kappa shape index (κ3) is 12.6. The summed E-state index contributed by atoms with van der Waals surface area (Å²) < 4.78 is 59.4. The molecule has 16 heteroatoms. The maximum Gasteiger partial charge on any atom is 0.319 e. The van der Waals surface area contributed by atoms with E-state index >= 15 is 0 Å². The molecular formula is C34H48N6O8S2. The van der Waals surface area contributed by atoms with Gasteiger partial charge in [0.2, 0.25) is 10.0 Å². The topological polar surface area (TPSA) is 198 Å². The first-order valence-corrected chi connectivity index (χ1v) is 20.1. The molecule has 1 saturated heterocycles. The predicted octanol–water partition coefficient (Wildman–Crippen LogP) is 4.26. The van der Waals surface area contributed by atoms with Crippen LogP contribution in [-0.2, 0) is 20.0 Å². The Morgan fingerprint density at radius 3 is 2.26 bits per heavy atom. The second-order valence-electron chi connectivity index (χ2n) is 12.3. The number of urea groups is 1. The van der Waals surface area contributed by atoms with E-state index < -0.39 is 26.2 Å². The number of piperidine rings is 1. The van der Waals surface area contributed by atoms with Gasteiger partial charge in [0, 0.05) is 55.3 Å². The average Bonchev–Trinajstić information content (AvgIpc) is 3.07. The number of rotatable bonds is 18. The molecule has 7 N–H and O–H groups in total. The molecule has 1 aliphatic heterocycles. The number of ether oxygens (including phenoxy) is 1. The largest absolute Gasteiger partial charge is 0.506 e. The number of nitrogens with zero attached hydrogens (tertiary/aromatic N) is 1. The van der Waals surface area contributed by atoms with Gasteiger partial charge in [-0.25, -0.2) is 21.6 Å². The second kappa shape index (κ2) is 18.1. The van der Waals surface area contributed by atoms with Crippen molar-refractivity contribution in [2.45, 2.75) is 62.5 Å². The number of hydrogen-bond donors (Lipinski definition) is 7. The number of anilines is 4. The van der Waals surface area contributed by atoms with Gasteiger partial charge in [0.15, 0.2) is 0 Å². The highest BCUT2D eigenvalue weighted by molar-refractivity contribution is 7.92. The molecule has 14 nitrogen and oxygen atoms in total. The van der Waals surface area contributed by atoms with E-state index in [1.165, 1.54) is 30.3 Å². The van der Waals surface area contributed by atoms with Crippen molar-refractivity contribution >= 4 is 48.8 Å². The van der Waals surface area contributed by atoms with Gasteiger partial charge >= 0.3 is 6.03 Å². The Labute approximate surface area is 294 Å². The summed E-state index contributed by atoms with van der Waals surface area (Å²) in [7, 11) is -7.41. The number of carbonyl (C=O) groups is 1. The van der Waals surface area contributed by atoms with Crippen LogP contribution in [0.15, 0.2) is 71.6 Å². The molecule has 3 aromatic rings. The van der Waals surface area contributed by atoms with Crippen molar-refractivity contribution in [2.75, 3.05) is 58.7 Å². The van der Waals surface area contributed by atoms with E-state index in [-0.39, 0.29) is 35.0 Å². The lowest BCUT2D eigenvalue weighted by Crippen LogP contribution is -2.45. The number of amides is 2. The van der Waals surface area contributed by atoms with Gasteiger partial charge in [-0.3, -0.25) is 9.44 Å². The van der Waals surface area contributed by atoms with Gasteiger partial charge in [0.25, 0.3) is 10.0 Å². The highest BCUT2D eigenvalue weighted by Crippen LogP contribution is 2.29. The maximum absolute atomic E-state index is 13.0. The predicted molar refractivity (Wildman–Crippen MR) is 196 cm³/mol. The van der Waals surface area contributed by atoms with Crippen LogP contribution < -0.4 is 35.0 Å². The van der Waals surface area contributed by atoms with Crippen molar-refractivity contribution in [3.63, 3.8) is 0 Å². The minimum absolute atomic E-state index is 0.00772. The van der Waals surface area contributed by atoms with E-state index in [0.717, 1.165) is 63.6 Å². The average molecular weight is 733 g/mol. The number of hydrogen-bond acceptors (Lipinski definition) is 10. The Morgan fingerprint density at radius 1 is 0.920 bits per heavy atom. The molecule has 0 aromatic heterocycles. The minimum Gasteiger partial charge on any atom is -0.506 e. The number of carbonyl (C=O) groups excluding carboxylic acids is 1. The molecule has 1 heterocycles. The standard InChI is InChI=1S/C34H48N6O8S2/c1-3-4-5-6-19-35-34(43)37-26-9-14-31(15-10-26)50(46,47)38-27-7-11-28(12-8-27)40-20-17-25(18-21-40)36-23-29(41)24-48-30-13-16-33(42)32(22-30)39-49(2,44)45/h7-16,22,25,29,36,38-39,41-42H,3-6,17-21,23-24H2,1-2H3,(H2,35,37,43). The Bertz CT molecular complexity index is 1750. The summed E-state index contributed by atoms with van der Waals surface area (Å²) in [4.78, 5) is 14.4. The molecule has 0 radical (unpaired) electrons. The Morgan fingerprint density at radius 2 is 1.60 bits per heavy atom. The number of nitrogens with one attached hydrogen (secondary N) is 5. The summed E-state index contributed by atoms with van der Waals surface area (Å²) in [6.07, 6.45) is 6.08. The highest BCUT2D eigenvalue weighted by atomic mass is 32.2. The van der Waals surface area contributed by atoms with Crippen LogP contribution in [0.1, 0.15) is 45.4 Å². The highest BCUT2D eigenvalue weighted by Gasteiger charge is 2.21. The van der Waals surface area contributed by atoms with Crippen molar-refractivity contribution in [3.8, 4) is 11.5 Å². The van der Waals surface area contributed by atoms with Crippen molar-refractivity contribution in [3.05, 3.63) is 66.7 Å². The quantitative estimate of drug-likeness (QED) is 0.0733. The van der Waals surface area contributed by atoms with Crippen LogP contribution in [0.25, 0.3) is 0 Å². The third-order valence-corrected chi connectivity index (χ3v) is 10.1. The summed E-state index contributed by atoms with van der Waals surface area (Å²) in [6.45, 7) is 4.55. The number of sulfonamides is 2. The number of aliphatic hydroxyl groups excluding tert-OH is 1. The summed E-state index contributed by atoms with van der Waals surface area (Å²) in [5.74, 6) is 0.0670. The van der Waals surface area contributed by atoms with Gasteiger partial charge in [-0.05, 0) is 79.9 Å². The molecule has 0 bridgehead atoms. The van der Waals surface area contributed by atoms with Gasteiger partial charge in [0.1, 0.15) is 24.2 Å². The third-order valence-electron chi connectivity index (χ3n) is 8.07. The van der Waals surface area contributed by atoms with Gasteiger partial charge < -0.3 is 35.8 Å². The molecule has 3 aromatic carbocycles. The molecule has 50 heavy (non-hydrogen) atoms. The summed E-state index contributed by atoms with van der Waals surface area (Å²) in [5.41, 5.74) is 1.89. The lowest BCUT2D eigenvalue weighted by atomic mass is 10.0. The molecule has 0 spiro atoms. The number of phenolic OH excluding ortho intramolecular Hbond substituents is 1. The summed E-state index contributed by atoms with van der Waals surface area (Å²) in [5, 5.41) is 29.2. The normalized spacial score (nSPS) is 14.5. The van der Waals surface area contributed by atoms with Crippen LogP contribution in [-0.4, -0.2) is 84.3 Å². The van der Waals surface area contributed by atoms with Crippen LogP contribution in [0.4, 0.5) is 27.5 Å². The molecule has 1 fully saturated rings. The first-order chi connectivity index (χ1) is 23.8. The van der Waals surface area contributed by atoms with Gasteiger partial charge in [0.05, 0.1) is 16.8 Å². The molecule has 274 valence electrons. The lowest BCUT2D eigenvalue weighted by Gasteiger charge is -2.34. The second-order valence-corrected chi connectivity index (χ2v) is 15.7. The monoisotopic (exact) mass is 732 g/mol. The first kappa shape index (κ1) is 38.6. The Balaban J connectivity index is 1.17. The zero-order valence-electron chi connectivity index (χ0n) is 28.4. The molecular weight excluding hydrogens is 685 g/mol. The summed E-state index contributed by atoms with van der Waals surface area (Å²) in [6, 6.07) is 17.2. The van der Waals surface area contributed by atoms with E-state index in [1.54, 1.807) is 24.3 Å². The number of unbranched alkanes of at least 4 members (excludes halogenated alkanes) is 3. The lowest BCUT2D eigenvalue weighted by molar-refractivity contribution is 0.102. The molecule has 4 rings (SSSR count). The first-order valence-electron chi connectivity index (χ1n) is 16.7. The van der Waals surface area contributed by atoms with Gasteiger partial charge in [-0.2, -0.15) is 0 Å². The molecule has 2 amide bonds. The molecule has 0 saturated carbocycles. The van der Waals surface area contributed by atoms with Crippen LogP contribution >= 0.6 is 0 Å². The van der Waals surface area contributed by atoms with Gasteiger partial charge in [-0.15, -0.1) is 0 Å². The maximum atomic E-state index is 13.0. The zero-order valence-corrected chi connectivity index (χ0v) is 30.0. The molecule has 0 aliphatic carbocycles. The van der Waals surface area contributed by atoms with Crippen LogP contribution in [0, 0.1) is 0 Å². The van der Waals surface area contributed by atoms with Crippen LogP contribution in [0.5, 0.6) is 11.5 Å². The number of phenols is 1. The van der Waals surface area contributed by atoms with Crippen molar-refractivity contribution in [1.82, 2.24) is 10.6 Å². The molecule has 1 unspecified atom stereocenters. The smallest absolute Gasteiger partial charge is 0.319 e. The fourth-order valence-corrected chi connectivity index (χ4v) is 7.00. The van der Waals surface area contributed by atoms with E-state index in [4.69, 9.17) is 4.74 Å². The Kier molecular flexibility index (Phi) is 14.0. The van der Waals surface area contributed by atoms with Crippen molar-refractivity contribution in [2.24, 2.45) is 0 Å². The van der Waals surface area contributed by atoms with Crippen molar-refractivity contribution in [1.29, 1.82) is 0 Å². The zero-order chi connectivity index (χ0) is 36.1. The van der Waals surface area contributed by atoms with E-state index in [0.29, 0.717) is 30.2 Å². The van der Waals surface area contributed by atoms with E-state index in [2.05, 4.69) is 37.2 Å². The SMILES string of the molecule is CCCCCCNC(=O)Nc1ccc(S(=O)(=O)Nc2ccc(N3CCC(NCC(O)COc4ccc(O)c(NS(C)(=O)=O)c4)CC3)cc2)cc1. The van der Waals surface area contributed by atoms with Gasteiger partial charge in [-0.1, -0.05) is 26.2 Å². The Hall–Kier alpha value is -4.25. The van der Waals surface area contributed by atoms with Crippen molar-refractivity contribution < 1.29 is 36.6 Å². The van der Waals surface area contributed by atoms with Crippen LogP contribution in [0.3, 0.4) is 0 Å². The minimum atomic E-state index is -3.83. The number of benzene rings is 3. The molecule has 1 aliphatic rings.